The molecule has 2 aromatic carbocycles. The van der Waals surface area contributed by atoms with Gasteiger partial charge in [0, 0.05) is 37.5 Å². The van der Waals surface area contributed by atoms with E-state index in [-0.39, 0.29) is 11.5 Å². The number of methoxy groups -OCH3 is 2. The summed E-state index contributed by atoms with van der Waals surface area (Å²) >= 11 is 0. The van der Waals surface area contributed by atoms with Gasteiger partial charge < -0.3 is 34.5 Å². The average Bonchev–Trinajstić information content (AvgIpc) is 2.90. The summed E-state index contributed by atoms with van der Waals surface area (Å²) in [6.07, 6.45) is -3.14. The molecule has 1 atom stereocenters. The number of ether oxygens (including phenoxy) is 4. The van der Waals surface area contributed by atoms with Crippen molar-refractivity contribution in [3.63, 3.8) is 0 Å². The number of fused-ring (bicyclic) bond motifs is 2. The number of hydrogen-bond acceptors (Lipinski definition) is 9. The van der Waals surface area contributed by atoms with Crippen LogP contribution in [-0.4, -0.2) is 73.6 Å². The van der Waals surface area contributed by atoms with Gasteiger partial charge in [0.15, 0.2) is 23.0 Å². The minimum Gasteiger partial charge on any atom is -0.493 e. The largest absolute Gasteiger partial charge is 0.493 e. The summed E-state index contributed by atoms with van der Waals surface area (Å²) in [7, 11) is -6.51. The van der Waals surface area contributed by atoms with Gasteiger partial charge in [-0.1, -0.05) is 12.1 Å². The van der Waals surface area contributed by atoms with Crippen LogP contribution in [0.15, 0.2) is 36.4 Å². The standard InChI is InChI=1S/C23H25N5O5/c1-30-18-11-14-15(12-19(18)31-2)25-23(26-21(14)24)28-9-7-27(8-10-28)22(29)20-13-32-16-5-3-4-6-17(16)33-20/h3-6,11-12,20H,7-10,13H2,1-2H3,(H2,24,25,26)/i1D3,2D3,9D2,10D2,11D,12D,13D2,20D. The molecular formula is C23H25N5O5. The zero-order valence-corrected chi connectivity index (χ0v) is 16.6. The maximum absolute atomic E-state index is 13.6. The van der Waals surface area contributed by atoms with Gasteiger partial charge in [0.05, 0.1) is 40.2 Å². The zero-order valence-electron chi connectivity index (χ0n) is 31.6. The fourth-order valence-corrected chi connectivity index (χ4v) is 3.05. The molecule has 1 fully saturated rings. The van der Waals surface area contributed by atoms with Gasteiger partial charge in [-0.25, -0.2) is 4.98 Å². The Balaban J connectivity index is 1.58. The number of nitrogens with two attached hydrogens (primary N) is 1. The fraction of sp³-hybridized carbons (Fsp3) is 0.348. The molecule has 1 saturated heterocycles. The molecule has 1 aromatic heterocycles. The van der Waals surface area contributed by atoms with Crippen molar-refractivity contribution in [2.45, 2.75) is 6.08 Å². The molecule has 10 heteroatoms. The van der Waals surface area contributed by atoms with Gasteiger partial charge in [-0.15, -0.1) is 0 Å². The Morgan fingerprint density at radius 2 is 1.94 bits per heavy atom. The number of anilines is 2. The minimum absolute atomic E-state index is 0.103. The number of para-hydroxylation sites is 2. The van der Waals surface area contributed by atoms with Crippen molar-refractivity contribution in [3.05, 3.63) is 36.4 Å². The summed E-state index contributed by atoms with van der Waals surface area (Å²) in [5, 5.41) is -0.524. The second-order valence-electron chi connectivity index (χ2n) is 6.64. The first kappa shape index (κ1) is 9.90. The van der Waals surface area contributed by atoms with Crippen molar-refractivity contribution in [1.29, 1.82) is 0 Å². The van der Waals surface area contributed by atoms with Gasteiger partial charge in [0.25, 0.3) is 5.91 Å². The SMILES string of the molecule is [2H]c1c(OC([2H])([2H])[2H])c(OC([2H])([2H])[2H])c([2H])c2c(N)nc(N3C([2H])([2H])CN(C(=O)C4([2H])Oc5ccccc5OC4([2H])[2H])CC3([2H])[2H])nc12. The van der Waals surface area contributed by atoms with Crippen molar-refractivity contribution in [2.75, 3.05) is 57.4 Å². The predicted octanol–water partition coefficient (Wildman–Crippen LogP) is 1.72. The summed E-state index contributed by atoms with van der Waals surface area (Å²) in [6, 6.07) is 3.77. The summed E-state index contributed by atoms with van der Waals surface area (Å²) in [5.74, 6) is -5.29. The van der Waals surface area contributed by atoms with Gasteiger partial charge >= 0.3 is 0 Å². The van der Waals surface area contributed by atoms with Crippen molar-refractivity contribution in [1.82, 2.24) is 14.9 Å². The quantitative estimate of drug-likeness (QED) is 0.614. The molecule has 3 aromatic rings. The van der Waals surface area contributed by atoms with Gasteiger partial charge in [0.2, 0.25) is 12.0 Å². The van der Waals surface area contributed by atoms with E-state index in [9.17, 15) is 4.79 Å². The molecule has 0 spiro atoms. The number of rotatable bonds is 4. The topological polar surface area (TPSA) is 112 Å². The van der Waals surface area contributed by atoms with Gasteiger partial charge in [-0.3, -0.25) is 4.79 Å². The van der Waals surface area contributed by atoms with Crippen molar-refractivity contribution in [3.8, 4) is 23.0 Å². The molecule has 33 heavy (non-hydrogen) atoms. The Kier molecular flexibility index (Phi) is 2.56. The first-order valence-electron chi connectivity index (χ1n) is 16.8. The Bertz CT molecular complexity index is 1790. The molecule has 3 heterocycles. The van der Waals surface area contributed by atoms with Crippen molar-refractivity contribution in [2.24, 2.45) is 0 Å². The lowest BCUT2D eigenvalue weighted by Crippen LogP contribution is -2.54. The van der Waals surface area contributed by atoms with E-state index in [1.165, 1.54) is 24.3 Å². The van der Waals surface area contributed by atoms with Crippen LogP contribution >= 0.6 is 0 Å². The van der Waals surface area contributed by atoms with E-state index in [0.29, 0.717) is 9.80 Å². The predicted molar refractivity (Wildman–Crippen MR) is 122 cm³/mol. The Morgan fingerprint density at radius 1 is 1.21 bits per heavy atom. The molecule has 0 aliphatic carbocycles. The zero-order chi connectivity index (χ0) is 36.0. The molecule has 1 amide bonds. The molecule has 2 aliphatic rings. The average molecular weight is 467 g/mol. The Morgan fingerprint density at radius 3 is 2.70 bits per heavy atom. The maximum atomic E-state index is 13.6. The van der Waals surface area contributed by atoms with E-state index in [4.69, 9.17) is 45.2 Å². The van der Waals surface area contributed by atoms with Gasteiger partial charge in [-0.2, -0.15) is 4.98 Å². The lowest BCUT2D eigenvalue weighted by Gasteiger charge is -2.37. The highest BCUT2D eigenvalue weighted by atomic mass is 16.6. The number of benzene rings is 2. The highest BCUT2D eigenvalue weighted by Gasteiger charge is 2.33. The minimum atomic E-state index is -3.28. The second kappa shape index (κ2) is 8.53. The third-order valence-corrected chi connectivity index (χ3v) is 4.64. The number of carbonyl (C=O) groups excluding carboxylic acids is 1. The molecule has 1 unspecified atom stereocenters. The number of amides is 1. The fourth-order valence-electron chi connectivity index (χ4n) is 3.05. The van der Waals surface area contributed by atoms with Crippen LogP contribution in [0.2, 0.25) is 0 Å². The van der Waals surface area contributed by atoms with Crippen LogP contribution in [0.3, 0.4) is 0 Å². The Hall–Kier alpha value is -3.95. The smallest absolute Gasteiger partial charge is 0.267 e. The molecule has 10 nitrogen and oxygen atoms in total. The molecular weight excluding hydrogens is 426 g/mol. The molecule has 2 aliphatic heterocycles. The number of hydrogen-bond donors (Lipinski definition) is 1. The second-order valence-corrected chi connectivity index (χ2v) is 6.64. The molecule has 0 saturated carbocycles. The van der Waals surface area contributed by atoms with E-state index >= 15 is 0 Å². The maximum Gasteiger partial charge on any atom is 0.267 e. The van der Waals surface area contributed by atoms with Crippen LogP contribution in [0.4, 0.5) is 11.8 Å². The highest BCUT2D eigenvalue weighted by molar-refractivity contribution is 5.91. The Labute approximate surface area is 211 Å². The highest BCUT2D eigenvalue weighted by Crippen LogP contribution is 2.34. The molecule has 172 valence electrons. The summed E-state index contributed by atoms with van der Waals surface area (Å²) in [4.78, 5) is 22.4. The number of piperazine rings is 1. The van der Waals surface area contributed by atoms with E-state index in [2.05, 4.69) is 9.97 Å². The van der Waals surface area contributed by atoms with Crippen LogP contribution in [0.5, 0.6) is 23.0 Å². The lowest BCUT2D eigenvalue weighted by molar-refractivity contribution is -0.141. The van der Waals surface area contributed by atoms with Crippen LogP contribution in [0.25, 0.3) is 10.9 Å². The monoisotopic (exact) mass is 466 g/mol. The first-order chi connectivity index (χ1) is 21.8. The van der Waals surface area contributed by atoms with Gasteiger partial charge in [-0.05, 0) is 18.2 Å². The number of nitrogens with zero attached hydrogens (tertiary/aromatic N) is 4. The third kappa shape index (κ3) is 3.88. The lowest BCUT2D eigenvalue weighted by atomic mass is 10.2. The molecule has 5 rings (SSSR count). The molecule has 2 N–H and O–H groups in total. The molecule has 0 radical (unpaired) electrons. The molecule has 0 bridgehead atoms. The third-order valence-electron chi connectivity index (χ3n) is 4.64. The summed E-state index contributed by atoms with van der Waals surface area (Å²) in [5.41, 5.74) is 5.39. The van der Waals surface area contributed by atoms with Crippen LogP contribution in [0.1, 0.15) is 20.6 Å². The first-order valence-corrected chi connectivity index (χ1v) is 9.33. The van der Waals surface area contributed by atoms with E-state index in [0.717, 1.165) is 0 Å². The van der Waals surface area contributed by atoms with E-state index < -0.39 is 105 Å². The van der Waals surface area contributed by atoms with Gasteiger partial charge in [0.1, 0.15) is 12.4 Å². The van der Waals surface area contributed by atoms with Crippen LogP contribution < -0.4 is 29.6 Å². The number of carbonyl (C=O) groups is 1. The number of aromatic nitrogens is 2. The summed E-state index contributed by atoms with van der Waals surface area (Å²) < 4.78 is 142. The van der Waals surface area contributed by atoms with Crippen LogP contribution in [-0.2, 0) is 4.79 Å². The van der Waals surface area contributed by atoms with Crippen molar-refractivity contribution >= 4 is 28.6 Å². The summed E-state index contributed by atoms with van der Waals surface area (Å²) in [6.45, 7) is -11.0. The number of nitrogen functional groups attached to an aromatic ring is 1. The van der Waals surface area contributed by atoms with Crippen molar-refractivity contribution < 1.29 is 44.3 Å². The normalized spacial score (nSPS) is 31.9. The van der Waals surface area contributed by atoms with Crippen LogP contribution in [0, 0.1) is 0 Å². The van der Waals surface area contributed by atoms with E-state index in [1.54, 1.807) is 0 Å². The van der Waals surface area contributed by atoms with E-state index in [1.807, 2.05) is 0 Å².